The van der Waals surface area contributed by atoms with E-state index in [0.29, 0.717) is 18.6 Å². The molecule has 1 N–H and O–H groups in total. The van der Waals surface area contributed by atoms with E-state index in [4.69, 9.17) is 10.8 Å². The number of aryl methyl sites for hydroxylation is 1. The Morgan fingerprint density at radius 3 is 2.61 bits per heavy atom. The molecule has 0 saturated heterocycles. The Morgan fingerprint density at radius 1 is 1.28 bits per heavy atom. The van der Waals surface area contributed by atoms with Crippen LogP contribution in [0.2, 0.25) is 0 Å². The van der Waals surface area contributed by atoms with Crippen LogP contribution in [0.3, 0.4) is 0 Å². The van der Waals surface area contributed by atoms with Crippen LogP contribution in [0.15, 0.2) is 39.7 Å². The monoisotopic (exact) mass is 589 g/mol. The minimum Gasteiger partial charge on any atom is -0.569 e. The van der Waals surface area contributed by atoms with Crippen molar-refractivity contribution < 1.29 is 51.9 Å². The molecule has 0 aliphatic carbocycles. The van der Waals surface area contributed by atoms with Crippen molar-refractivity contribution in [3.63, 3.8) is 0 Å². The van der Waals surface area contributed by atoms with Gasteiger partial charge in [0.2, 0.25) is 0 Å². The number of aromatic hydroxyl groups is 1. The van der Waals surface area contributed by atoms with Gasteiger partial charge in [0.25, 0.3) is 0 Å². The van der Waals surface area contributed by atoms with Gasteiger partial charge in [-0.3, -0.25) is 4.79 Å². The van der Waals surface area contributed by atoms with E-state index in [1.54, 1.807) is 13.1 Å². The first-order valence-corrected chi connectivity index (χ1v) is 13.0. The first-order chi connectivity index (χ1) is 16.9. The summed E-state index contributed by atoms with van der Waals surface area (Å²) in [7, 11) is 1.46. The van der Waals surface area contributed by atoms with Crippen LogP contribution in [0, 0.1) is 12.3 Å². The van der Waals surface area contributed by atoms with E-state index >= 15 is 0 Å². The zero-order valence-electron chi connectivity index (χ0n) is 21.9. The van der Waals surface area contributed by atoms with E-state index < -0.39 is 11.4 Å². The standard InChI is InChI=1S/C15H20NO5.C13H18S.Y/c1-4-11(17)14-12(18)9-13(21-15(14)19)10(2)7-5-6-8-16-20-3;1-3-5-6-7-9-13-11-10-12(14-13)8-4-2;/h6,8-10H,4-5,7H2,1-3H3,(H,17,18,19);2,10-11H,3,5-9H2,1H3;/q-1;;/b8-6-;;. The van der Waals surface area contributed by atoms with Crippen LogP contribution in [0.1, 0.15) is 97.5 Å². The SMILES string of the molecule is C#CCc1ccc(CCCCCC)s1.CCC(=O)c1c(O)cc(C(C)CC/C=C\[N-]OC)oc1=O.[Y]. The van der Waals surface area contributed by atoms with Crippen molar-refractivity contribution in [3.05, 3.63) is 67.5 Å². The number of hydroxylamine groups is 1. The number of rotatable bonds is 14. The predicted molar refractivity (Wildman–Crippen MR) is 143 cm³/mol. The number of unbranched alkanes of at least 4 members (excludes halogenated alkanes) is 3. The van der Waals surface area contributed by atoms with Gasteiger partial charge in [0.05, 0.1) is 0 Å². The molecule has 1 unspecified atom stereocenters. The maximum absolute atomic E-state index is 11.8. The molecule has 0 aliphatic heterocycles. The third kappa shape index (κ3) is 13.0. The molecule has 195 valence electrons. The molecule has 2 aromatic rings. The molecule has 6 nitrogen and oxygen atoms in total. The third-order valence-corrected chi connectivity index (χ3v) is 6.49. The maximum Gasteiger partial charge on any atom is 0.350 e. The quantitative estimate of drug-likeness (QED) is 0.108. The van der Waals surface area contributed by atoms with Gasteiger partial charge in [0.15, 0.2) is 5.78 Å². The minimum absolute atomic E-state index is 0. The Hall–Kier alpha value is -1.72. The van der Waals surface area contributed by atoms with Crippen LogP contribution in [0.4, 0.5) is 0 Å². The van der Waals surface area contributed by atoms with E-state index in [1.807, 2.05) is 24.3 Å². The average molecular weight is 590 g/mol. The first kappa shape index (κ1) is 34.3. The molecule has 0 aliphatic rings. The van der Waals surface area contributed by atoms with E-state index in [0.717, 1.165) is 6.42 Å². The van der Waals surface area contributed by atoms with Crippen molar-refractivity contribution in [2.75, 3.05) is 7.11 Å². The molecule has 0 aromatic carbocycles. The topological polar surface area (TPSA) is 90.8 Å². The number of nitrogens with zero attached hydrogens (tertiary/aromatic N) is 1. The summed E-state index contributed by atoms with van der Waals surface area (Å²) in [4.78, 5) is 30.7. The fourth-order valence-corrected chi connectivity index (χ4v) is 4.33. The average Bonchev–Trinajstić information content (AvgIpc) is 3.29. The van der Waals surface area contributed by atoms with Gasteiger partial charge < -0.3 is 19.8 Å². The molecule has 2 rings (SSSR count). The zero-order valence-corrected chi connectivity index (χ0v) is 25.6. The van der Waals surface area contributed by atoms with Gasteiger partial charge in [-0.05, 0) is 37.8 Å². The molecular formula is C28H38NO5SY-. The normalized spacial score (nSPS) is 11.2. The Morgan fingerprint density at radius 2 is 2.00 bits per heavy atom. The molecule has 0 amide bonds. The van der Waals surface area contributed by atoms with Crippen molar-refractivity contribution in [1.29, 1.82) is 0 Å². The van der Waals surface area contributed by atoms with E-state index in [2.05, 4.69) is 35.3 Å². The molecule has 1 atom stereocenters. The number of ketones is 1. The molecule has 0 saturated carbocycles. The molecule has 1 radical (unpaired) electrons. The van der Waals surface area contributed by atoms with Crippen molar-refractivity contribution in [1.82, 2.24) is 0 Å². The molecule has 2 heterocycles. The second-order valence-electron chi connectivity index (χ2n) is 8.18. The Bertz CT molecular complexity index is 1020. The third-order valence-electron chi connectivity index (χ3n) is 5.34. The maximum atomic E-state index is 11.8. The smallest absolute Gasteiger partial charge is 0.350 e. The molecule has 0 bridgehead atoms. The molecule has 2 aromatic heterocycles. The Balaban J connectivity index is 0.000000713. The van der Waals surface area contributed by atoms with Gasteiger partial charge >= 0.3 is 5.63 Å². The van der Waals surface area contributed by atoms with Crippen molar-refractivity contribution in [3.8, 4) is 18.1 Å². The summed E-state index contributed by atoms with van der Waals surface area (Å²) in [5, 5.41) is 9.84. The Kier molecular flexibility index (Phi) is 19.4. The second-order valence-corrected chi connectivity index (χ2v) is 9.44. The van der Waals surface area contributed by atoms with Crippen LogP contribution < -0.4 is 5.63 Å². The zero-order chi connectivity index (χ0) is 26.1. The summed E-state index contributed by atoms with van der Waals surface area (Å²) >= 11 is 1.87. The molecule has 36 heavy (non-hydrogen) atoms. The first-order valence-electron chi connectivity index (χ1n) is 12.2. The van der Waals surface area contributed by atoms with Crippen molar-refractivity contribution >= 4 is 17.1 Å². The van der Waals surface area contributed by atoms with Gasteiger partial charge in [-0.2, -0.15) is 6.20 Å². The fraction of sp³-hybridized carbons (Fsp3) is 0.500. The van der Waals surface area contributed by atoms with E-state index in [-0.39, 0.29) is 56.4 Å². The summed E-state index contributed by atoms with van der Waals surface area (Å²) in [6.07, 6.45) is 17.6. The van der Waals surface area contributed by atoms with Crippen LogP contribution in [-0.2, 0) is 50.4 Å². The number of terminal acetylenes is 1. The summed E-state index contributed by atoms with van der Waals surface area (Å²) in [5.74, 6) is 2.24. The van der Waals surface area contributed by atoms with Crippen LogP contribution in [-0.4, -0.2) is 18.0 Å². The van der Waals surface area contributed by atoms with Gasteiger partial charge in [0, 0.05) is 74.4 Å². The molecular weight excluding hydrogens is 551 g/mol. The van der Waals surface area contributed by atoms with Crippen LogP contribution >= 0.6 is 11.3 Å². The van der Waals surface area contributed by atoms with Gasteiger partial charge in [0.1, 0.15) is 17.1 Å². The number of carbonyl (C=O) groups is 1. The summed E-state index contributed by atoms with van der Waals surface area (Å²) < 4.78 is 5.14. The van der Waals surface area contributed by atoms with Crippen molar-refractivity contribution in [2.24, 2.45) is 0 Å². The Labute approximate surface area is 244 Å². The number of hydrogen-bond acceptors (Lipinski definition) is 6. The van der Waals surface area contributed by atoms with Gasteiger partial charge in [-0.1, -0.05) is 40.0 Å². The number of thiophene rings is 1. The number of carbonyl (C=O) groups excluding carboxylic acids is 1. The van der Waals surface area contributed by atoms with E-state index in [1.165, 1.54) is 55.0 Å². The van der Waals surface area contributed by atoms with Gasteiger partial charge in [-0.15, -0.1) is 29.8 Å². The summed E-state index contributed by atoms with van der Waals surface area (Å²) in [6, 6.07) is 5.74. The number of Topliss-reactive ketones (excluding diaryl/α,β-unsaturated/α-hetero) is 1. The van der Waals surface area contributed by atoms with Crippen molar-refractivity contribution in [2.45, 2.75) is 84.5 Å². The van der Waals surface area contributed by atoms with Crippen LogP contribution in [0.25, 0.3) is 5.48 Å². The fourth-order valence-electron chi connectivity index (χ4n) is 3.32. The number of hydrogen-bond donors (Lipinski definition) is 1. The predicted octanol–water partition coefficient (Wildman–Crippen LogP) is 7.31. The largest absolute Gasteiger partial charge is 0.569 e. The minimum atomic E-state index is -0.784. The summed E-state index contributed by atoms with van der Waals surface area (Å²) in [5.41, 5.74) is 2.52. The van der Waals surface area contributed by atoms with E-state index in [9.17, 15) is 14.7 Å². The molecule has 0 spiro atoms. The number of allylic oxidation sites excluding steroid dienone is 1. The summed E-state index contributed by atoms with van der Waals surface area (Å²) in [6.45, 7) is 5.74. The van der Waals surface area contributed by atoms with Crippen LogP contribution in [0.5, 0.6) is 5.75 Å². The molecule has 8 heteroatoms. The van der Waals surface area contributed by atoms with Gasteiger partial charge in [-0.25, -0.2) is 4.79 Å². The molecule has 0 fully saturated rings. The second kappa shape index (κ2) is 20.4.